The molecule has 2 aliphatic heterocycles. The van der Waals surface area contributed by atoms with E-state index in [-0.39, 0.29) is 43.6 Å². The van der Waals surface area contributed by atoms with Crippen molar-refractivity contribution in [2.24, 2.45) is 17.3 Å². The first-order chi connectivity index (χ1) is 26.4. The lowest BCUT2D eigenvalue weighted by Gasteiger charge is -2.36. The minimum atomic E-state index is -4.60. The summed E-state index contributed by atoms with van der Waals surface area (Å²) >= 11 is 0. The number of amides is 4. The number of nitrogens with one attached hydrogen (secondary N) is 3. The Kier molecular flexibility index (Phi) is 15.2. The molecule has 308 valence electrons. The van der Waals surface area contributed by atoms with Gasteiger partial charge in [-0.3, -0.25) is 19.3 Å². The molecule has 0 bridgehead atoms. The molecule has 3 fully saturated rings. The maximum Gasteiger partial charge on any atom is 0.416 e. The van der Waals surface area contributed by atoms with Gasteiger partial charge in [0.25, 0.3) is 0 Å². The summed E-state index contributed by atoms with van der Waals surface area (Å²) in [4.78, 5) is 73.0. The summed E-state index contributed by atoms with van der Waals surface area (Å²) in [5, 5.41) is 8.40. The van der Waals surface area contributed by atoms with Crippen LogP contribution in [0, 0.1) is 23.1 Å². The molecule has 16 heteroatoms. The lowest BCUT2D eigenvalue weighted by Crippen LogP contribution is -2.58. The first-order valence-corrected chi connectivity index (χ1v) is 18.5. The fourth-order valence-corrected chi connectivity index (χ4v) is 6.87. The molecule has 5 unspecified atom stereocenters. The second-order valence-electron chi connectivity index (χ2n) is 15.5. The molecule has 6 rings (SSSR count). The SMILES string of the molecule is C=O.C=O.CC1CC1.CCC1CC1(NC(=O)C1CC(OC(=O)N2Cc3cccc(F)c3C2)CN1C(=O)C(Nc1cccc(C(F)(F)F)c1)C(C)(C)C)C(=O)NC. The fraction of sp³-hybridized carbons (Fsp3) is 0.550. The van der Waals surface area contributed by atoms with E-state index in [1.54, 1.807) is 32.9 Å². The van der Waals surface area contributed by atoms with E-state index in [0.717, 1.165) is 18.1 Å². The highest BCUT2D eigenvalue weighted by atomic mass is 19.4. The van der Waals surface area contributed by atoms with Crippen molar-refractivity contribution in [1.82, 2.24) is 20.4 Å². The lowest BCUT2D eigenvalue weighted by molar-refractivity contribution is -0.141. The predicted octanol–water partition coefficient (Wildman–Crippen LogP) is 5.87. The van der Waals surface area contributed by atoms with Crippen LogP contribution in [0.15, 0.2) is 42.5 Å². The molecule has 2 aliphatic carbocycles. The van der Waals surface area contributed by atoms with Crippen LogP contribution in [0.5, 0.6) is 0 Å². The Morgan fingerprint density at radius 2 is 1.62 bits per heavy atom. The van der Waals surface area contributed by atoms with Gasteiger partial charge in [0, 0.05) is 31.3 Å². The van der Waals surface area contributed by atoms with Gasteiger partial charge >= 0.3 is 12.3 Å². The number of hydrogen-bond donors (Lipinski definition) is 3. The van der Waals surface area contributed by atoms with E-state index in [4.69, 9.17) is 14.3 Å². The molecule has 0 radical (unpaired) electrons. The average Bonchev–Trinajstić information content (AvgIpc) is 3.99. The number of alkyl halides is 3. The normalized spacial score (nSPS) is 22.6. The molecule has 5 atom stereocenters. The Labute approximate surface area is 325 Å². The molecule has 3 N–H and O–H groups in total. The van der Waals surface area contributed by atoms with E-state index in [2.05, 4.69) is 22.9 Å². The number of halogens is 4. The van der Waals surface area contributed by atoms with Crippen LogP contribution in [0.4, 0.5) is 28.0 Å². The van der Waals surface area contributed by atoms with Crippen LogP contribution < -0.4 is 16.0 Å². The maximum atomic E-state index is 14.3. The maximum absolute atomic E-state index is 14.3. The molecule has 2 aromatic rings. The van der Waals surface area contributed by atoms with Gasteiger partial charge in [-0.1, -0.05) is 72.1 Å². The Morgan fingerprint density at radius 3 is 2.14 bits per heavy atom. The number of likely N-dealkylation sites (N-methyl/N-ethyl adjacent to an activating group) is 1. The quantitative estimate of drug-likeness (QED) is 0.281. The van der Waals surface area contributed by atoms with Gasteiger partial charge in [0.15, 0.2) is 0 Å². The van der Waals surface area contributed by atoms with Crippen LogP contribution in [-0.2, 0) is 48.0 Å². The Bertz CT molecular complexity index is 1710. The highest BCUT2D eigenvalue weighted by molar-refractivity contribution is 5.98. The minimum absolute atomic E-state index is 0.000181. The van der Waals surface area contributed by atoms with Crippen LogP contribution in [-0.4, -0.2) is 84.5 Å². The van der Waals surface area contributed by atoms with E-state index in [9.17, 15) is 36.7 Å². The van der Waals surface area contributed by atoms with E-state index >= 15 is 0 Å². The van der Waals surface area contributed by atoms with Gasteiger partial charge < -0.3 is 35.2 Å². The third kappa shape index (κ3) is 10.8. The van der Waals surface area contributed by atoms with Gasteiger partial charge in [0.2, 0.25) is 17.7 Å². The van der Waals surface area contributed by atoms with Gasteiger partial charge in [-0.2, -0.15) is 13.2 Å². The van der Waals surface area contributed by atoms with Gasteiger partial charge in [0.1, 0.15) is 43.1 Å². The first-order valence-electron chi connectivity index (χ1n) is 18.5. The molecule has 0 aromatic heterocycles. The van der Waals surface area contributed by atoms with Crippen molar-refractivity contribution in [3.8, 4) is 0 Å². The lowest BCUT2D eigenvalue weighted by atomic mass is 9.85. The molecule has 12 nitrogen and oxygen atoms in total. The highest BCUT2D eigenvalue weighted by Gasteiger charge is 2.61. The minimum Gasteiger partial charge on any atom is -0.444 e. The van der Waals surface area contributed by atoms with E-state index in [1.807, 2.05) is 20.5 Å². The summed E-state index contributed by atoms with van der Waals surface area (Å²) < 4.78 is 60.6. The van der Waals surface area contributed by atoms with E-state index < -0.39 is 64.6 Å². The summed E-state index contributed by atoms with van der Waals surface area (Å²) in [6.07, 6.45) is -2.34. The van der Waals surface area contributed by atoms with Crippen LogP contribution in [0.2, 0.25) is 0 Å². The van der Waals surface area contributed by atoms with Gasteiger partial charge in [-0.25, -0.2) is 9.18 Å². The van der Waals surface area contributed by atoms with Crippen molar-refractivity contribution in [3.63, 3.8) is 0 Å². The number of rotatable bonds is 8. The van der Waals surface area contributed by atoms with Crippen molar-refractivity contribution >= 4 is 43.1 Å². The molecule has 2 saturated carbocycles. The number of nitrogens with zero attached hydrogens (tertiary/aromatic N) is 2. The van der Waals surface area contributed by atoms with Crippen LogP contribution in [0.25, 0.3) is 0 Å². The van der Waals surface area contributed by atoms with Crippen molar-refractivity contribution in [1.29, 1.82) is 0 Å². The Balaban J connectivity index is 0.000000959. The van der Waals surface area contributed by atoms with Crippen molar-refractivity contribution in [2.45, 2.75) is 110 Å². The third-order valence-electron chi connectivity index (χ3n) is 10.4. The second-order valence-corrected chi connectivity index (χ2v) is 15.5. The summed E-state index contributed by atoms with van der Waals surface area (Å²) in [6.45, 7) is 13.3. The largest absolute Gasteiger partial charge is 0.444 e. The molecule has 0 spiro atoms. The fourth-order valence-electron chi connectivity index (χ4n) is 6.87. The molecule has 2 aromatic carbocycles. The average molecular weight is 792 g/mol. The smallest absolute Gasteiger partial charge is 0.416 e. The van der Waals surface area contributed by atoms with Crippen LogP contribution >= 0.6 is 0 Å². The monoisotopic (exact) mass is 791 g/mol. The summed E-state index contributed by atoms with van der Waals surface area (Å²) in [5.74, 6) is -1.02. The molecular formula is C40H53F4N5O7. The molecule has 1 saturated heterocycles. The van der Waals surface area contributed by atoms with Crippen LogP contribution in [0.3, 0.4) is 0 Å². The number of hydrogen-bond acceptors (Lipinski definition) is 8. The first kappa shape index (κ1) is 45.4. The topological polar surface area (TPSA) is 154 Å². The second kappa shape index (κ2) is 18.7. The molecule has 56 heavy (non-hydrogen) atoms. The van der Waals surface area contributed by atoms with E-state index in [0.29, 0.717) is 24.0 Å². The number of benzene rings is 2. The number of carbonyl (C=O) groups is 6. The van der Waals surface area contributed by atoms with Crippen LogP contribution in [0.1, 0.15) is 83.4 Å². The summed E-state index contributed by atoms with van der Waals surface area (Å²) in [6, 6.07) is 6.82. The number of ether oxygens (including phenoxy) is 1. The third-order valence-corrected chi connectivity index (χ3v) is 10.4. The van der Waals surface area contributed by atoms with Crippen molar-refractivity contribution < 1.29 is 51.1 Å². The standard InChI is InChI=1S/C34H41F4N5O5.C4H8.2CH2O/c1-6-20-15-33(20,30(46)39-5)41-28(44)26-14-23(48-31(47)42-16-19-9-7-12-25(35)24(19)18-42)17-43(26)29(45)27(32(2,3)4)40-22-11-8-10-21(13-22)34(36,37)38;1-4-2-3-4;2*1-2/h7-13,20,23,26-27,40H,6,14-18H2,1-5H3,(H,39,46)(H,41,44);4H,2-3H2,1H3;2*1H2. The van der Waals surface area contributed by atoms with Gasteiger partial charge in [-0.05, 0) is 53.5 Å². The molecule has 4 amide bonds. The number of carbonyl (C=O) groups excluding carboxylic acids is 6. The van der Waals surface area contributed by atoms with Crippen molar-refractivity contribution in [3.05, 3.63) is 65.0 Å². The Morgan fingerprint density at radius 1 is 1.00 bits per heavy atom. The van der Waals surface area contributed by atoms with Gasteiger partial charge in [0.05, 0.1) is 18.7 Å². The zero-order valence-electron chi connectivity index (χ0n) is 32.8. The molecular weight excluding hydrogens is 738 g/mol. The van der Waals surface area contributed by atoms with Gasteiger partial charge in [-0.15, -0.1) is 0 Å². The summed E-state index contributed by atoms with van der Waals surface area (Å²) in [5.41, 5.74) is -1.79. The van der Waals surface area contributed by atoms with E-state index in [1.165, 1.54) is 47.9 Å². The molecule has 2 heterocycles. The van der Waals surface area contributed by atoms with Crippen molar-refractivity contribution in [2.75, 3.05) is 18.9 Å². The number of fused-ring (bicyclic) bond motifs is 1. The zero-order valence-corrected chi connectivity index (χ0v) is 32.8. The number of likely N-dealkylation sites (tertiary alicyclic amines) is 1. The summed E-state index contributed by atoms with van der Waals surface area (Å²) in [7, 11) is 1.47. The molecule has 4 aliphatic rings. The zero-order chi connectivity index (χ0) is 42.2. The number of anilines is 1. The predicted molar refractivity (Wildman–Crippen MR) is 200 cm³/mol. The highest BCUT2D eigenvalue weighted by Crippen LogP contribution is 2.46. The Hall–Kier alpha value is -5.02.